The first-order valence-corrected chi connectivity index (χ1v) is 7.54. The van der Waals surface area contributed by atoms with Gasteiger partial charge < -0.3 is 5.11 Å². The SMILES string of the molecule is CCCN(C)S(=O)(=O)c1ccc(C)cc1C#CCO. The zero-order chi connectivity index (χ0) is 14.5. The summed E-state index contributed by atoms with van der Waals surface area (Å²) in [7, 11) is -1.97. The Labute approximate surface area is 115 Å². The maximum atomic E-state index is 12.4. The van der Waals surface area contributed by atoms with Crippen LogP contribution >= 0.6 is 0 Å². The normalized spacial score (nSPS) is 11.2. The molecule has 0 aromatic heterocycles. The molecule has 0 bridgehead atoms. The van der Waals surface area contributed by atoms with E-state index in [-0.39, 0.29) is 11.5 Å². The third kappa shape index (κ3) is 3.80. The van der Waals surface area contributed by atoms with E-state index in [4.69, 9.17) is 5.11 Å². The Morgan fingerprint density at radius 1 is 1.37 bits per heavy atom. The molecule has 0 aliphatic heterocycles. The lowest BCUT2D eigenvalue weighted by Crippen LogP contribution is -2.28. The van der Waals surface area contributed by atoms with Crippen molar-refractivity contribution in [1.29, 1.82) is 0 Å². The molecule has 0 fully saturated rings. The first-order valence-electron chi connectivity index (χ1n) is 6.10. The van der Waals surface area contributed by atoms with E-state index in [0.717, 1.165) is 12.0 Å². The summed E-state index contributed by atoms with van der Waals surface area (Å²) in [6.07, 6.45) is 0.749. The number of benzene rings is 1. The Morgan fingerprint density at radius 3 is 2.63 bits per heavy atom. The molecule has 0 aliphatic rings. The zero-order valence-corrected chi connectivity index (χ0v) is 12.3. The van der Waals surface area contributed by atoms with Crippen LogP contribution in [-0.2, 0) is 10.0 Å². The molecular weight excluding hydrogens is 262 g/mol. The number of aliphatic hydroxyl groups is 1. The summed E-state index contributed by atoms with van der Waals surface area (Å²) in [5.41, 5.74) is 1.36. The number of aliphatic hydroxyl groups excluding tert-OH is 1. The van der Waals surface area contributed by atoms with Crippen LogP contribution in [0.3, 0.4) is 0 Å². The standard InChI is InChI=1S/C14H19NO3S/c1-4-9-15(3)19(17,18)14-8-7-12(2)11-13(14)6-5-10-16/h7-8,11,16H,4,9-10H2,1-3H3. The molecule has 0 saturated carbocycles. The fraction of sp³-hybridized carbons (Fsp3) is 0.429. The van der Waals surface area contributed by atoms with E-state index in [1.54, 1.807) is 25.2 Å². The lowest BCUT2D eigenvalue weighted by molar-refractivity contribution is 0.350. The smallest absolute Gasteiger partial charge is 0.244 e. The van der Waals surface area contributed by atoms with Gasteiger partial charge >= 0.3 is 0 Å². The summed E-state index contributed by atoms with van der Waals surface area (Å²) in [6, 6.07) is 5.03. The Hall–Kier alpha value is -1.35. The molecular formula is C14H19NO3S. The number of hydrogen-bond acceptors (Lipinski definition) is 3. The first kappa shape index (κ1) is 15.7. The molecule has 1 rings (SSSR count). The predicted molar refractivity (Wildman–Crippen MR) is 75.2 cm³/mol. The van der Waals surface area contributed by atoms with Crippen molar-refractivity contribution >= 4 is 10.0 Å². The molecule has 1 N–H and O–H groups in total. The van der Waals surface area contributed by atoms with Crippen LogP contribution in [0.2, 0.25) is 0 Å². The number of nitrogens with zero attached hydrogens (tertiary/aromatic N) is 1. The monoisotopic (exact) mass is 281 g/mol. The van der Waals surface area contributed by atoms with Gasteiger partial charge in [-0.05, 0) is 31.0 Å². The number of rotatable bonds is 4. The van der Waals surface area contributed by atoms with Gasteiger partial charge in [0.2, 0.25) is 10.0 Å². The molecule has 0 spiro atoms. The molecule has 0 saturated heterocycles. The lowest BCUT2D eigenvalue weighted by Gasteiger charge is -2.17. The van der Waals surface area contributed by atoms with Crippen molar-refractivity contribution in [3.05, 3.63) is 29.3 Å². The van der Waals surface area contributed by atoms with E-state index < -0.39 is 10.0 Å². The molecule has 0 unspecified atom stereocenters. The van der Waals surface area contributed by atoms with Crippen LogP contribution in [0, 0.1) is 18.8 Å². The van der Waals surface area contributed by atoms with E-state index in [0.29, 0.717) is 12.1 Å². The van der Waals surface area contributed by atoms with Gasteiger partial charge in [0.15, 0.2) is 0 Å². The largest absolute Gasteiger partial charge is 0.384 e. The molecule has 0 aliphatic carbocycles. The minimum absolute atomic E-state index is 0.190. The highest BCUT2D eigenvalue weighted by atomic mass is 32.2. The number of sulfonamides is 1. The van der Waals surface area contributed by atoms with Gasteiger partial charge in [-0.15, -0.1) is 0 Å². The van der Waals surface area contributed by atoms with Gasteiger partial charge in [-0.25, -0.2) is 12.7 Å². The van der Waals surface area contributed by atoms with Crippen molar-refractivity contribution in [2.75, 3.05) is 20.2 Å². The summed E-state index contributed by atoms with van der Waals surface area (Å²) in [4.78, 5) is 0.190. The average Bonchev–Trinajstić information content (AvgIpc) is 2.36. The molecule has 104 valence electrons. The van der Waals surface area contributed by atoms with Crippen molar-refractivity contribution in [2.24, 2.45) is 0 Å². The van der Waals surface area contributed by atoms with Crippen LogP contribution in [0.5, 0.6) is 0 Å². The van der Waals surface area contributed by atoms with E-state index in [9.17, 15) is 8.42 Å². The molecule has 4 nitrogen and oxygen atoms in total. The van der Waals surface area contributed by atoms with Gasteiger partial charge in [0, 0.05) is 19.2 Å². The van der Waals surface area contributed by atoms with Crippen LogP contribution in [-0.4, -0.2) is 38.0 Å². The molecule has 5 heteroatoms. The third-order valence-electron chi connectivity index (χ3n) is 2.66. The molecule has 19 heavy (non-hydrogen) atoms. The van der Waals surface area contributed by atoms with Gasteiger partial charge in [0.1, 0.15) is 6.61 Å². The van der Waals surface area contributed by atoms with Crippen molar-refractivity contribution < 1.29 is 13.5 Å². The van der Waals surface area contributed by atoms with Crippen molar-refractivity contribution in [3.63, 3.8) is 0 Å². The lowest BCUT2D eigenvalue weighted by atomic mass is 10.1. The highest BCUT2D eigenvalue weighted by Crippen LogP contribution is 2.20. The quantitative estimate of drug-likeness (QED) is 0.848. The number of hydrogen-bond donors (Lipinski definition) is 1. The van der Waals surface area contributed by atoms with Crippen molar-refractivity contribution in [2.45, 2.75) is 25.2 Å². The topological polar surface area (TPSA) is 57.6 Å². The van der Waals surface area contributed by atoms with E-state index >= 15 is 0 Å². The molecule has 0 radical (unpaired) electrons. The maximum Gasteiger partial charge on any atom is 0.244 e. The van der Waals surface area contributed by atoms with Gasteiger partial charge in [-0.2, -0.15) is 0 Å². The molecule has 0 atom stereocenters. The summed E-state index contributed by atoms with van der Waals surface area (Å²) < 4.78 is 26.1. The summed E-state index contributed by atoms with van der Waals surface area (Å²) >= 11 is 0. The summed E-state index contributed by atoms with van der Waals surface area (Å²) in [5.74, 6) is 5.20. The Bertz CT molecular complexity index is 597. The number of aryl methyl sites for hydroxylation is 1. The van der Waals surface area contributed by atoms with Gasteiger partial charge in [0.25, 0.3) is 0 Å². The second-order valence-electron chi connectivity index (χ2n) is 4.29. The van der Waals surface area contributed by atoms with Crippen molar-refractivity contribution in [3.8, 4) is 11.8 Å². The van der Waals surface area contributed by atoms with Crippen LogP contribution in [0.4, 0.5) is 0 Å². The minimum Gasteiger partial charge on any atom is -0.384 e. The van der Waals surface area contributed by atoms with Crippen LogP contribution in [0.1, 0.15) is 24.5 Å². The van der Waals surface area contributed by atoms with E-state index in [2.05, 4.69) is 11.8 Å². The summed E-state index contributed by atoms with van der Waals surface area (Å²) in [5, 5.41) is 8.75. The summed E-state index contributed by atoms with van der Waals surface area (Å²) in [6.45, 7) is 3.96. The Kier molecular flexibility index (Phi) is 5.55. The van der Waals surface area contributed by atoms with E-state index in [1.807, 2.05) is 13.8 Å². The van der Waals surface area contributed by atoms with Crippen molar-refractivity contribution in [1.82, 2.24) is 4.31 Å². The predicted octanol–water partition coefficient (Wildman–Crippen LogP) is 1.37. The molecule has 1 aromatic rings. The van der Waals surface area contributed by atoms with Crippen LogP contribution < -0.4 is 0 Å². The van der Waals surface area contributed by atoms with Crippen LogP contribution in [0.15, 0.2) is 23.1 Å². The van der Waals surface area contributed by atoms with E-state index in [1.165, 1.54) is 4.31 Å². The maximum absolute atomic E-state index is 12.4. The molecule has 0 heterocycles. The highest BCUT2D eigenvalue weighted by molar-refractivity contribution is 7.89. The Balaban J connectivity index is 3.33. The van der Waals surface area contributed by atoms with Crippen LogP contribution in [0.25, 0.3) is 0 Å². The van der Waals surface area contributed by atoms with Gasteiger partial charge in [0.05, 0.1) is 4.90 Å². The highest BCUT2D eigenvalue weighted by Gasteiger charge is 2.22. The first-order chi connectivity index (χ1) is 8.93. The minimum atomic E-state index is -3.53. The van der Waals surface area contributed by atoms with Gasteiger partial charge in [-0.3, -0.25) is 0 Å². The van der Waals surface area contributed by atoms with Gasteiger partial charge in [-0.1, -0.05) is 24.8 Å². The molecule has 0 amide bonds. The molecule has 1 aromatic carbocycles. The second-order valence-corrected chi connectivity index (χ2v) is 6.30. The average molecular weight is 281 g/mol. The second kappa shape index (κ2) is 6.71. The fourth-order valence-electron chi connectivity index (χ4n) is 1.70. The fourth-order valence-corrected chi connectivity index (χ4v) is 3.09. The Morgan fingerprint density at radius 2 is 2.05 bits per heavy atom. The zero-order valence-electron chi connectivity index (χ0n) is 11.5. The third-order valence-corrected chi connectivity index (χ3v) is 4.58.